The van der Waals surface area contributed by atoms with Crippen molar-refractivity contribution in [3.63, 3.8) is 0 Å². The molecule has 1 atom stereocenters. The van der Waals surface area contributed by atoms with Crippen LogP contribution in [0.15, 0.2) is 48.5 Å². The Morgan fingerprint density at radius 3 is 2.56 bits per heavy atom. The number of fused-ring (bicyclic) bond motifs is 3. The number of nitrogens with zero attached hydrogens (tertiary/aromatic N) is 2. The van der Waals surface area contributed by atoms with Gasteiger partial charge >= 0.3 is 0 Å². The molecule has 3 nitrogen and oxygen atoms in total. The molecule has 0 spiro atoms. The summed E-state index contributed by atoms with van der Waals surface area (Å²) < 4.78 is 13.0. The van der Waals surface area contributed by atoms with Gasteiger partial charge < -0.3 is 4.90 Å². The Morgan fingerprint density at radius 1 is 1.04 bits per heavy atom. The highest BCUT2D eigenvalue weighted by Crippen LogP contribution is 2.32. The summed E-state index contributed by atoms with van der Waals surface area (Å²) >= 11 is 0. The van der Waals surface area contributed by atoms with Crippen molar-refractivity contribution in [2.24, 2.45) is 0 Å². The molecule has 6 heteroatoms. The van der Waals surface area contributed by atoms with Crippen LogP contribution in [0.1, 0.15) is 28.8 Å². The summed E-state index contributed by atoms with van der Waals surface area (Å²) in [6.07, 6.45) is 2.81. The number of piperazine rings is 1. The van der Waals surface area contributed by atoms with Crippen LogP contribution in [-0.2, 0) is 6.42 Å². The van der Waals surface area contributed by atoms with E-state index in [0.29, 0.717) is 18.0 Å². The van der Waals surface area contributed by atoms with Crippen LogP contribution in [0.2, 0.25) is 0 Å². The number of aryl methyl sites for hydroxylation is 1. The van der Waals surface area contributed by atoms with Crippen molar-refractivity contribution >= 4 is 36.3 Å². The van der Waals surface area contributed by atoms with E-state index in [0.717, 1.165) is 32.6 Å². The smallest absolute Gasteiger partial charge is 0.164 e. The molecule has 0 amide bonds. The molecule has 146 valence electrons. The Labute approximate surface area is 172 Å². The van der Waals surface area contributed by atoms with E-state index in [4.69, 9.17) is 0 Å². The lowest BCUT2D eigenvalue weighted by atomic mass is 9.94. The summed E-state index contributed by atoms with van der Waals surface area (Å²) in [5, 5.41) is 0. The van der Waals surface area contributed by atoms with Crippen LogP contribution in [0.4, 0.5) is 10.1 Å². The molecule has 0 aliphatic carbocycles. The standard InChI is InChI=1S/C21H23FN2O.2ClH/c22-18-8-5-17(6-9-18)21(25)11-12-23-13-14-24-19(15-23)10-7-16-3-1-2-4-20(16)24;;/h1-6,8-9,19H,7,10-15H2;2*1H. The molecule has 0 radical (unpaired) electrons. The maximum absolute atomic E-state index is 13.0. The molecule has 2 aromatic carbocycles. The first-order valence-electron chi connectivity index (χ1n) is 9.06. The fraction of sp³-hybridized carbons (Fsp3) is 0.381. The SMILES string of the molecule is Cl.Cl.O=C(CCN1CCN2c3ccccc3CCC2C1)c1ccc(F)cc1. The fourth-order valence-corrected chi connectivity index (χ4v) is 4.05. The number of Topliss-reactive ketones (excluding diaryl/α,β-unsaturated/α-hetero) is 1. The Bertz CT molecular complexity index is 769. The summed E-state index contributed by atoms with van der Waals surface area (Å²) in [4.78, 5) is 17.2. The number of carbonyl (C=O) groups excluding carboxylic acids is 1. The molecule has 2 aromatic rings. The van der Waals surface area contributed by atoms with Gasteiger partial charge in [0.1, 0.15) is 5.82 Å². The number of hydrogen-bond donors (Lipinski definition) is 0. The van der Waals surface area contributed by atoms with Gasteiger partial charge in [0, 0.05) is 49.9 Å². The maximum atomic E-state index is 13.0. The first kappa shape index (κ1) is 21.7. The minimum absolute atomic E-state index is 0. The van der Waals surface area contributed by atoms with E-state index in [1.165, 1.54) is 29.8 Å². The van der Waals surface area contributed by atoms with E-state index in [1.54, 1.807) is 12.1 Å². The molecule has 0 bridgehead atoms. The van der Waals surface area contributed by atoms with Gasteiger partial charge in [-0.25, -0.2) is 4.39 Å². The molecule has 2 heterocycles. The van der Waals surface area contributed by atoms with Crippen molar-refractivity contribution in [1.82, 2.24) is 4.90 Å². The molecule has 1 unspecified atom stereocenters. The van der Waals surface area contributed by atoms with Gasteiger partial charge in [0.25, 0.3) is 0 Å². The zero-order chi connectivity index (χ0) is 17.2. The predicted octanol–water partition coefficient (Wildman–Crippen LogP) is 4.38. The number of benzene rings is 2. The lowest BCUT2D eigenvalue weighted by Crippen LogP contribution is -2.55. The van der Waals surface area contributed by atoms with Gasteiger partial charge in [-0.2, -0.15) is 0 Å². The highest BCUT2D eigenvalue weighted by molar-refractivity contribution is 5.96. The van der Waals surface area contributed by atoms with Gasteiger partial charge in [-0.05, 0) is 48.7 Å². The average molecular weight is 411 g/mol. The lowest BCUT2D eigenvalue weighted by molar-refractivity contribution is 0.0957. The Kier molecular flexibility index (Phi) is 7.66. The first-order valence-corrected chi connectivity index (χ1v) is 9.06. The summed E-state index contributed by atoms with van der Waals surface area (Å²) in [6.45, 7) is 3.81. The number of ketones is 1. The third-order valence-corrected chi connectivity index (χ3v) is 5.44. The molecular formula is C21H25Cl2FN2O. The lowest BCUT2D eigenvalue weighted by Gasteiger charge is -2.46. The maximum Gasteiger partial charge on any atom is 0.164 e. The number of carbonyl (C=O) groups is 1. The second kappa shape index (κ2) is 9.54. The van der Waals surface area contributed by atoms with Crippen molar-refractivity contribution in [1.29, 1.82) is 0 Å². The predicted molar refractivity (Wildman–Crippen MR) is 112 cm³/mol. The zero-order valence-corrected chi connectivity index (χ0v) is 16.8. The monoisotopic (exact) mass is 410 g/mol. The van der Waals surface area contributed by atoms with Crippen LogP contribution < -0.4 is 4.90 Å². The van der Waals surface area contributed by atoms with Gasteiger partial charge in [0.05, 0.1) is 0 Å². The number of para-hydroxylation sites is 1. The van der Waals surface area contributed by atoms with E-state index < -0.39 is 0 Å². The largest absolute Gasteiger partial charge is 0.366 e. The highest BCUT2D eigenvalue weighted by Gasteiger charge is 2.31. The normalized spacial score (nSPS) is 18.6. The van der Waals surface area contributed by atoms with Crippen molar-refractivity contribution in [2.45, 2.75) is 25.3 Å². The first-order chi connectivity index (χ1) is 12.2. The number of rotatable bonds is 4. The molecular weight excluding hydrogens is 386 g/mol. The van der Waals surface area contributed by atoms with Crippen LogP contribution in [0.5, 0.6) is 0 Å². The number of hydrogen-bond acceptors (Lipinski definition) is 3. The molecule has 2 aliphatic heterocycles. The number of halogens is 3. The molecule has 0 N–H and O–H groups in total. The Balaban J connectivity index is 0.00000131. The van der Waals surface area contributed by atoms with Crippen LogP contribution >= 0.6 is 24.8 Å². The van der Waals surface area contributed by atoms with Gasteiger partial charge in [-0.1, -0.05) is 18.2 Å². The summed E-state index contributed by atoms with van der Waals surface area (Å²) in [5.74, 6) is -0.207. The molecule has 0 aromatic heterocycles. The van der Waals surface area contributed by atoms with Crippen LogP contribution in [0.3, 0.4) is 0 Å². The van der Waals surface area contributed by atoms with Gasteiger partial charge in [0.2, 0.25) is 0 Å². The topological polar surface area (TPSA) is 23.6 Å². The van der Waals surface area contributed by atoms with Crippen LogP contribution in [0.25, 0.3) is 0 Å². The van der Waals surface area contributed by atoms with E-state index in [2.05, 4.69) is 34.1 Å². The molecule has 27 heavy (non-hydrogen) atoms. The van der Waals surface area contributed by atoms with E-state index in [9.17, 15) is 9.18 Å². The minimum Gasteiger partial charge on any atom is -0.366 e. The van der Waals surface area contributed by atoms with Crippen molar-refractivity contribution < 1.29 is 9.18 Å². The molecule has 2 aliphatic rings. The van der Waals surface area contributed by atoms with E-state index in [-0.39, 0.29) is 36.4 Å². The van der Waals surface area contributed by atoms with Crippen molar-refractivity contribution in [3.8, 4) is 0 Å². The van der Waals surface area contributed by atoms with Crippen LogP contribution in [0, 0.1) is 5.82 Å². The van der Waals surface area contributed by atoms with E-state index >= 15 is 0 Å². The zero-order valence-electron chi connectivity index (χ0n) is 15.1. The Morgan fingerprint density at radius 2 is 1.78 bits per heavy atom. The third kappa shape index (κ3) is 4.81. The Hall–Kier alpha value is -1.62. The summed E-state index contributed by atoms with van der Waals surface area (Å²) in [7, 11) is 0. The molecule has 0 saturated carbocycles. The molecule has 4 rings (SSSR count). The quantitative estimate of drug-likeness (QED) is 0.698. The second-order valence-corrected chi connectivity index (χ2v) is 7.00. The van der Waals surface area contributed by atoms with Gasteiger partial charge in [0.15, 0.2) is 5.78 Å². The second-order valence-electron chi connectivity index (χ2n) is 7.00. The number of anilines is 1. The summed E-state index contributed by atoms with van der Waals surface area (Å²) in [5.41, 5.74) is 3.45. The fourth-order valence-electron chi connectivity index (χ4n) is 4.05. The van der Waals surface area contributed by atoms with Crippen molar-refractivity contribution in [3.05, 3.63) is 65.5 Å². The summed E-state index contributed by atoms with van der Waals surface area (Å²) in [6, 6.07) is 15.1. The van der Waals surface area contributed by atoms with Gasteiger partial charge in [-0.3, -0.25) is 9.69 Å². The molecule has 1 fully saturated rings. The highest BCUT2D eigenvalue weighted by atomic mass is 35.5. The van der Waals surface area contributed by atoms with Gasteiger partial charge in [-0.15, -0.1) is 24.8 Å². The van der Waals surface area contributed by atoms with Crippen LogP contribution in [-0.4, -0.2) is 42.9 Å². The van der Waals surface area contributed by atoms with E-state index in [1.807, 2.05) is 0 Å². The third-order valence-electron chi connectivity index (χ3n) is 5.44. The minimum atomic E-state index is -0.301. The average Bonchev–Trinajstić information content (AvgIpc) is 2.66. The van der Waals surface area contributed by atoms with Crippen molar-refractivity contribution in [2.75, 3.05) is 31.1 Å². The molecule has 1 saturated heterocycles.